The maximum absolute atomic E-state index is 12.7. The topological polar surface area (TPSA) is 55.6 Å². The van der Waals surface area contributed by atoms with Crippen molar-refractivity contribution in [2.45, 2.75) is 38.6 Å². The molecule has 0 aromatic heterocycles. The van der Waals surface area contributed by atoms with Gasteiger partial charge in [0.2, 0.25) is 5.91 Å². The van der Waals surface area contributed by atoms with E-state index in [9.17, 15) is 4.79 Å². The first-order valence-electron chi connectivity index (χ1n) is 7.82. The predicted octanol–water partition coefficient (Wildman–Crippen LogP) is 1.67. The van der Waals surface area contributed by atoms with Gasteiger partial charge in [0.05, 0.1) is 12.5 Å². The van der Waals surface area contributed by atoms with Crippen molar-refractivity contribution >= 4 is 18.3 Å². The Morgan fingerprint density at radius 3 is 2.70 bits per heavy atom. The number of rotatable bonds is 4. The number of nitrogens with zero attached hydrogens (tertiary/aromatic N) is 1. The summed E-state index contributed by atoms with van der Waals surface area (Å²) in [5.74, 6) is 2.15. The first-order chi connectivity index (χ1) is 9.20. The van der Waals surface area contributed by atoms with Crippen LogP contribution in [0.25, 0.3) is 0 Å². The van der Waals surface area contributed by atoms with E-state index in [-0.39, 0.29) is 24.4 Å². The van der Waals surface area contributed by atoms with Crippen molar-refractivity contribution in [2.75, 3.05) is 26.3 Å². The highest BCUT2D eigenvalue weighted by Gasteiger charge is 2.50. The van der Waals surface area contributed by atoms with Crippen molar-refractivity contribution in [3.8, 4) is 0 Å². The molecule has 2 bridgehead atoms. The van der Waals surface area contributed by atoms with Gasteiger partial charge in [0.25, 0.3) is 0 Å². The summed E-state index contributed by atoms with van der Waals surface area (Å²) >= 11 is 0. The Labute approximate surface area is 127 Å². The Kier molecular flexibility index (Phi) is 5.32. The third-order valence-corrected chi connectivity index (χ3v) is 5.42. The van der Waals surface area contributed by atoms with Crippen LogP contribution in [0.4, 0.5) is 0 Å². The molecule has 0 aromatic carbocycles. The summed E-state index contributed by atoms with van der Waals surface area (Å²) in [4.78, 5) is 14.7. The molecule has 2 saturated carbocycles. The minimum atomic E-state index is 0. The fourth-order valence-corrected chi connectivity index (χ4v) is 4.37. The zero-order valence-corrected chi connectivity index (χ0v) is 13.1. The smallest absolute Gasteiger partial charge is 0.227 e. The summed E-state index contributed by atoms with van der Waals surface area (Å²) in [5.41, 5.74) is 6.28. The lowest BCUT2D eigenvalue weighted by molar-refractivity contribution is -0.136. The van der Waals surface area contributed by atoms with Crippen LogP contribution in [0.5, 0.6) is 0 Å². The van der Waals surface area contributed by atoms with Crippen molar-refractivity contribution < 1.29 is 9.53 Å². The van der Waals surface area contributed by atoms with Gasteiger partial charge in [0.1, 0.15) is 0 Å². The second kappa shape index (κ2) is 6.63. The van der Waals surface area contributed by atoms with Crippen LogP contribution in [0.15, 0.2) is 0 Å². The quantitative estimate of drug-likeness (QED) is 0.859. The molecular formula is C15H27ClN2O2. The number of halogens is 1. The molecule has 4 nitrogen and oxygen atoms in total. The van der Waals surface area contributed by atoms with Gasteiger partial charge in [-0.1, -0.05) is 0 Å². The minimum Gasteiger partial charge on any atom is -0.381 e. The molecule has 1 aliphatic heterocycles. The van der Waals surface area contributed by atoms with Gasteiger partial charge in [-0.3, -0.25) is 4.79 Å². The van der Waals surface area contributed by atoms with E-state index in [4.69, 9.17) is 10.5 Å². The van der Waals surface area contributed by atoms with E-state index in [1.54, 1.807) is 0 Å². The maximum Gasteiger partial charge on any atom is 0.227 e. The van der Waals surface area contributed by atoms with Gasteiger partial charge in [-0.2, -0.15) is 0 Å². The Morgan fingerprint density at radius 1 is 1.30 bits per heavy atom. The molecule has 0 radical (unpaired) electrons. The third-order valence-electron chi connectivity index (χ3n) is 5.42. The Bertz CT molecular complexity index is 351. The zero-order chi connectivity index (χ0) is 13.4. The van der Waals surface area contributed by atoms with E-state index in [1.807, 2.05) is 6.92 Å². The average Bonchev–Trinajstić information content (AvgIpc) is 3.11. The van der Waals surface area contributed by atoms with Crippen LogP contribution >= 0.6 is 12.4 Å². The number of hydrogen-bond acceptors (Lipinski definition) is 3. The number of nitrogens with two attached hydrogens (primary N) is 1. The SMILES string of the molecule is CCOCC1CCN(C(=O)C2C3CCC(C3)C2N)C1.Cl. The lowest BCUT2D eigenvalue weighted by atomic mass is 9.84. The third kappa shape index (κ3) is 2.83. The van der Waals surface area contributed by atoms with Gasteiger partial charge >= 0.3 is 0 Å². The second-order valence-electron chi connectivity index (χ2n) is 6.53. The molecule has 0 aromatic rings. The summed E-state index contributed by atoms with van der Waals surface area (Å²) in [6.07, 6.45) is 4.73. The maximum atomic E-state index is 12.7. The van der Waals surface area contributed by atoms with Crippen LogP contribution in [0.2, 0.25) is 0 Å². The van der Waals surface area contributed by atoms with Crippen LogP contribution in [0.3, 0.4) is 0 Å². The number of fused-ring (bicyclic) bond motifs is 2. The average molecular weight is 303 g/mol. The highest BCUT2D eigenvalue weighted by Crippen LogP contribution is 2.48. The highest BCUT2D eigenvalue weighted by molar-refractivity contribution is 5.85. The van der Waals surface area contributed by atoms with E-state index < -0.39 is 0 Å². The Morgan fingerprint density at radius 2 is 2.05 bits per heavy atom. The summed E-state index contributed by atoms with van der Waals surface area (Å²) in [5, 5.41) is 0. The molecule has 0 spiro atoms. The molecule has 5 atom stereocenters. The normalized spacial score (nSPS) is 39.1. The molecule has 1 saturated heterocycles. The van der Waals surface area contributed by atoms with Gasteiger partial charge in [-0.25, -0.2) is 0 Å². The number of carbonyl (C=O) groups is 1. The lowest BCUT2D eigenvalue weighted by Gasteiger charge is -2.30. The van der Waals surface area contributed by atoms with E-state index in [2.05, 4.69) is 4.90 Å². The molecule has 3 rings (SSSR count). The second-order valence-corrected chi connectivity index (χ2v) is 6.53. The summed E-state index contributed by atoms with van der Waals surface area (Å²) in [6.45, 7) is 5.35. The Balaban J connectivity index is 0.00000147. The summed E-state index contributed by atoms with van der Waals surface area (Å²) < 4.78 is 5.48. The predicted molar refractivity (Wildman–Crippen MR) is 80.7 cm³/mol. The summed E-state index contributed by atoms with van der Waals surface area (Å²) in [7, 11) is 0. The molecule has 5 heteroatoms. The van der Waals surface area contributed by atoms with Crippen molar-refractivity contribution in [3.05, 3.63) is 0 Å². The highest BCUT2D eigenvalue weighted by atomic mass is 35.5. The van der Waals surface area contributed by atoms with E-state index >= 15 is 0 Å². The van der Waals surface area contributed by atoms with Crippen LogP contribution in [-0.4, -0.2) is 43.2 Å². The van der Waals surface area contributed by atoms with Gasteiger partial charge in [-0.15, -0.1) is 12.4 Å². The minimum absolute atomic E-state index is 0. The van der Waals surface area contributed by atoms with Crippen molar-refractivity contribution in [2.24, 2.45) is 29.4 Å². The molecule has 116 valence electrons. The first kappa shape index (κ1) is 16.1. The van der Waals surface area contributed by atoms with Gasteiger partial charge in [0, 0.05) is 31.7 Å². The van der Waals surface area contributed by atoms with E-state index in [0.717, 1.165) is 32.7 Å². The van der Waals surface area contributed by atoms with E-state index in [0.29, 0.717) is 23.7 Å². The molecule has 2 aliphatic carbocycles. The largest absolute Gasteiger partial charge is 0.381 e. The molecule has 5 unspecified atom stereocenters. The molecule has 3 aliphatic rings. The summed E-state index contributed by atoms with van der Waals surface area (Å²) in [6, 6.07) is 0.122. The number of likely N-dealkylation sites (tertiary alicyclic amines) is 1. The van der Waals surface area contributed by atoms with Crippen LogP contribution in [-0.2, 0) is 9.53 Å². The molecular weight excluding hydrogens is 276 g/mol. The van der Waals surface area contributed by atoms with Gasteiger partial charge in [-0.05, 0) is 44.4 Å². The van der Waals surface area contributed by atoms with Crippen LogP contribution in [0, 0.1) is 23.7 Å². The monoisotopic (exact) mass is 302 g/mol. The number of ether oxygens (including phenoxy) is 1. The van der Waals surface area contributed by atoms with Gasteiger partial charge < -0.3 is 15.4 Å². The van der Waals surface area contributed by atoms with Crippen LogP contribution < -0.4 is 5.73 Å². The zero-order valence-electron chi connectivity index (χ0n) is 12.3. The first-order valence-corrected chi connectivity index (χ1v) is 7.82. The van der Waals surface area contributed by atoms with Crippen molar-refractivity contribution in [1.29, 1.82) is 0 Å². The standard InChI is InChI=1S/C15H26N2O2.ClH/c1-2-19-9-10-5-6-17(8-10)15(18)13-11-3-4-12(7-11)14(13)16;/h10-14H,2-9,16H2,1H3;1H. The molecule has 1 heterocycles. The van der Waals surface area contributed by atoms with Gasteiger partial charge in [0.15, 0.2) is 0 Å². The number of hydrogen-bond donors (Lipinski definition) is 1. The molecule has 1 amide bonds. The molecule has 20 heavy (non-hydrogen) atoms. The number of carbonyl (C=O) groups excluding carboxylic acids is 1. The molecule has 3 fully saturated rings. The van der Waals surface area contributed by atoms with Crippen molar-refractivity contribution in [1.82, 2.24) is 4.90 Å². The molecule has 2 N–H and O–H groups in total. The van der Waals surface area contributed by atoms with E-state index in [1.165, 1.54) is 19.3 Å². The van der Waals surface area contributed by atoms with Crippen LogP contribution in [0.1, 0.15) is 32.6 Å². The lowest BCUT2D eigenvalue weighted by Crippen LogP contribution is -2.46. The fraction of sp³-hybridized carbons (Fsp3) is 0.933. The Hall–Kier alpha value is -0.320. The van der Waals surface area contributed by atoms with Crippen molar-refractivity contribution in [3.63, 3.8) is 0 Å². The number of amides is 1. The fourth-order valence-electron chi connectivity index (χ4n) is 4.37.